The third-order valence-corrected chi connectivity index (χ3v) is 6.12. The molecule has 0 spiro atoms. The van der Waals surface area contributed by atoms with Gasteiger partial charge < -0.3 is 9.64 Å². The lowest BCUT2D eigenvalue weighted by Crippen LogP contribution is -2.63. The van der Waals surface area contributed by atoms with Crippen LogP contribution in [0.3, 0.4) is 0 Å². The average Bonchev–Trinajstić information content (AvgIpc) is 2.78. The van der Waals surface area contributed by atoms with Crippen molar-refractivity contribution >= 4 is 11.9 Å². The molecule has 2 fully saturated rings. The molecular weight excluding hydrogens is 290 g/mol. The minimum atomic E-state index is -0.579. The number of carbonyl (C=O) groups is 2. The smallest absolute Gasteiger partial charge is 0.316 e. The Hall–Kier alpha value is -1.84. The zero-order valence-electron chi connectivity index (χ0n) is 13.7. The first kappa shape index (κ1) is 14.7. The van der Waals surface area contributed by atoms with Crippen molar-refractivity contribution in [1.82, 2.24) is 4.90 Å². The first-order chi connectivity index (χ1) is 11.0. The fourth-order valence-corrected chi connectivity index (χ4v) is 4.80. The number of hydrogen-bond acceptors (Lipinski definition) is 3. The maximum Gasteiger partial charge on any atom is 0.316 e. The van der Waals surface area contributed by atoms with Crippen LogP contribution in [-0.2, 0) is 9.53 Å². The fraction of sp³-hybridized carbons (Fsp3) is 0.579. The van der Waals surface area contributed by atoms with E-state index in [1.165, 1.54) is 6.42 Å². The van der Waals surface area contributed by atoms with Crippen molar-refractivity contribution in [3.63, 3.8) is 0 Å². The number of fused-ring (bicyclic) bond motifs is 3. The van der Waals surface area contributed by atoms with Gasteiger partial charge in [0, 0.05) is 11.6 Å². The van der Waals surface area contributed by atoms with Gasteiger partial charge in [-0.05, 0) is 38.3 Å². The Labute approximate surface area is 136 Å². The van der Waals surface area contributed by atoms with E-state index in [0.29, 0.717) is 5.56 Å². The van der Waals surface area contributed by atoms with Crippen molar-refractivity contribution in [2.24, 2.45) is 0 Å². The fourth-order valence-electron chi connectivity index (χ4n) is 4.80. The van der Waals surface area contributed by atoms with Crippen molar-refractivity contribution < 1.29 is 14.3 Å². The van der Waals surface area contributed by atoms with Crippen LogP contribution in [0.2, 0.25) is 0 Å². The quantitative estimate of drug-likeness (QED) is 0.748. The molecule has 3 atom stereocenters. The molecule has 0 radical (unpaired) electrons. The molecule has 1 aromatic carbocycles. The van der Waals surface area contributed by atoms with Gasteiger partial charge in [0.05, 0.1) is 5.54 Å². The van der Waals surface area contributed by atoms with Crippen LogP contribution in [0.4, 0.5) is 0 Å². The molecule has 2 heterocycles. The van der Waals surface area contributed by atoms with Crippen LogP contribution in [0, 0.1) is 0 Å². The maximum atomic E-state index is 13.3. The molecule has 3 aliphatic rings. The van der Waals surface area contributed by atoms with Crippen LogP contribution in [0.5, 0.6) is 0 Å². The van der Waals surface area contributed by atoms with Crippen LogP contribution < -0.4 is 0 Å². The standard InChI is InChI=1S/C19H23NO3/c1-12-19(2)16(18(22)23-12)14-10-6-7-11-15(14)17(21)20(19)13-8-4-3-5-9-13/h6-7,10-13,16H,3-5,8-9H2,1-2H3. The van der Waals surface area contributed by atoms with Gasteiger partial charge in [-0.1, -0.05) is 37.5 Å². The van der Waals surface area contributed by atoms with E-state index < -0.39 is 5.54 Å². The van der Waals surface area contributed by atoms with Crippen molar-refractivity contribution in [1.29, 1.82) is 0 Å². The van der Waals surface area contributed by atoms with Crippen molar-refractivity contribution in [3.05, 3.63) is 35.4 Å². The van der Waals surface area contributed by atoms with E-state index >= 15 is 0 Å². The number of hydrogen-bond donors (Lipinski definition) is 0. The highest BCUT2D eigenvalue weighted by molar-refractivity contribution is 6.02. The predicted octanol–water partition coefficient (Wildman–Crippen LogP) is 3.26. The molecule has 1 amide bonds. The normalized spacial score (nSPS) is 34.1. The van der Waals surface area contributed by atoms with Crippen LogP contribution >= 0.6 is 0 Å². The Morgan fingerprint density at radius 3 is 2.57 bits per heavy atom. The highest BCUT2D eigenvalue weighted by Gasteiger charge is 2.62. The minimum Gasteiger partial charge on any atom is -0.460 e. The van der Waals surface area contributed by atoms with Crippen LogP contribution in [-0.4, -0.2) is 34.5 Å². The summed E-state index contributed by atoms with van der Waals surface area (Å²) in [5, 5.41) is 0. The van der Waals surface area contributed by atoms with E-state index in [9.17, 15) is 9.59 Å². The van der Waals surface area contributed by atoms with E-state index in [1.807, 2.05) is 43.0 Å². The average molecular weight is 313 g/mol. The molecule has 4 rings (SSSR count). The number of nitrogens with zero attached hydrogens (tertiary/aromatic N) is 1. The number of ether oxygens (including phenoxy) is 1. The molecule has 23 heavy (non-hydrogen) atoms. The topological polar surface area (TPSA) is 46.6 Å². The lowest BCUT2D eigenvalue weighted by molar-refractivity contribution is -0.142. The van der Waals surface area contributed by atoms with Gasteiger partial charge in [-0.25, -0.2) is 0 Å². The Morgan fingerprint density at radius 1 is 1.13 bits per heavy atom. The molecule has 0 aromatic heterocycles. The third kappa shape index (κ3) is 1.90. The number of rotatable bonds is 1. The van der Waals surface area contributed by atoms with Gasteiger partial charge in [0.1, 0.15) is 12.0 Å². The van der Waals surface area contributed by atoms with Crippen LogP contribution in [0.1, 0.15) is 67.8 Å². The maximum absolute atomic E-state index is 13.3. The zero-order chi connectivity index (χ0) is 16.2. The molecule has 1 aromatic rings. The Balaban J connectivity index is 1.88. The number of carbonyl (C=O) groups excluding carboxylic acids is 2. The first-order valence-electron chi connectivity index (χ1n) is 8.68. The van der Waals surface area contributed by atoms with Crippen LogP contribution in [0.25, 0.3) is 0 Å². The van der Waals surface area contributed by atoms with E-state index in [1.54, 1.807) is 0 Å². The summed E-state index contributed by atoms with van der Waals surface area (Å²) in [6.07, 6.45) is 5.31. The molecule has 3 unspecified atom stereocenters. The summed E-state index contributed by atoms with van der Waals surface area (Å²) in [6.45, 7) is 3.96. The number of cyclic esters (lactones) is 1. The lowest BCUT2D eigenvalue weighted by atomic mass is 9.71. The summed E-state index contributed by atoms with van der Waals surface area (Å²) in [5.74, 6) is -0.495. The van der Waals surface area contributed by atoms with Gasteiger partial charge in [0.2, 0.25) is 0 Å². The number of benzene rings is 1. The second kappa shape index (κ2) is 5.08. The summed E-state index contributed by atoms with van der Waals surface area (Å²) < 4.78 is 5.60. The monoisotopic (exact) mass is 313 g/mol. The summed E-state index contributed by atoms with van der Waals surface area (Å²) >= 11 is 0. The summed E-state index contributed by atoms with van der Waals surface area (Å²) in [6, 6.07) is 7.76. The molecule has 0 N–H and O–H groups in total. The Kier molecular flexibility index (Phi) is 3.26. The highest BCUT2D eigenvalue weighted by atomic mass is 16.6. The molecule has 1 aliphatic carbocycles. The van der Waals surface area contributed by atoms with Gasteiger partial charge in [0.15, 0.2) is 0 Å². The highest BCUT2D eigenvalue weighted by Crippen LogP contribution is 2.50. The second-order valence-electron chi connectivity index (χ2n) is 7.29. The van der Waals surface area contributed by atoms with Gasteiger partial charge >= 0.3 is 5.97 Å². The number of esters is 1. The predicted molar refractivity (Wildman–Crippen MR) is 86.2 cm³/mol. The van der Waals surface area contributed by atoms with E-state index in [0.717, 1.165) is 31.2 Å². The van der Waals surface area contributed by atoms with Crippen molar-refractivity contribution in [3.8, 4) is 0 Å². The Morgan fingerprint density at radius 2 is 1.83 bits per heavy atom. The Bertz CT molecular complexity index is 664. The molecule has 1 saturated heterocycles. The molecule has 4 nitrogen and oxygen atoms in total. The van der Waals surface area contributed by atoms with Crippen molar-refractivity contribution in [2.75, 3.05) is 0 Å². The molecule has 1 saturated carbocycles. The summed E-state index contributed by atoms with van der Waals surface area (Å²) in [4.78, 5) is 27.8. The van der Waals surface area contributed by atoms with Gasteiger partial charge in [-0.15, -0.1) is 0 Å². The zero-order valence-corrected chi connectivity index (χ0v) is 13.7. The van der Waals surface area contributed by atoms with Crippen LogP contribution in [0.15, 0.2) is 24.3 Å². The van der Waals surface area contributed by atoms with E-state index in [-0.39, 0.29) is 29.9 Å². The molecule has 4 heteroatoms. The molecular formula is C19H23NO3. The second-order valence-corrected chi connectivity index (χ2v) is 7.29. The van der Waals surface area contributed by atoms with Gasteiger partial charge in [-0.3, -0.25) is 9.59 Å². The number of amides is 1. The third-order valence-electron chi connectivity index (χ3n) is 6.12. The van der Waals surface area contributed by atoms with E-state index in [4.69, 9.17) is 4.74 Å². The lowest BCUT2D eigenvalue weighted by Gasteiger charge is -2.51. The summed E-state index contributed by atoms with van der Waals surface area (Å²) in [5.41, 5.74) is 0.929. The SMILES string of the molecule is CC1OC(=O)C2c3ccccc3C(=O)N(C3CCCCC3)C12C. The van der Waals surface area contributed by atoms with Gasteiger partial charge in [-0.2, -0.15) is 0 Å². The minimum absolute atomic E-state index is 0.0661. The van der Waals surface area contributed by atoms with Crippen molar-refractivity contribution in [2.45, 2.75) is 69.6 Å². The summed E-state index contributed by atoms with van der Waals surface area (Å²) in [7, 11) is 0. The van der Waals surface area contributed by atoms with E-state index in [2.05, 4.69) is 0 Å². The first-order valence-corrected chi connectivity index (χ1v) is 8.68. The molecule has 2 aliphatic heterocycles. The van der Waals surface area contributed by atoms with Gasteiger partial charge in [0.25, 0.3) is 5.91 Å². The largest absolute Gasteiger partial charge is 0.460 e. The molecule has 122 valence electrons. The molecule has 0 bridgehead atoms.